The van der Waals surface area contributed by atoms with Gasteiger partial charge >= 0.3 is 0 Å². The Kier molecular flexibility index (Phi) is 4.14. The molecule has 2 aromatic rings. The lowest BCUT2D eigenvalue weighted by Crippen LogP contribution is -2.54. The normalized spacial score (nSPS) is 20.7. The third kappa shape index (κ3) is 2.86. The van der Waals surface area contributed by atoms with Gasteiger partial charge in [0.05, 0.1) is 17.1 Å². The SMILES string of the molecule is CC(C(=O)N1CCCC1)N1CCN(c2nc3ccccc3[nH]2)CC1. The van der Waals surface area contributed by atoms with Crippen LogP contribution in [0.25, 0.3) is 11.0 Å². The fourth-order valence-corrected chi connectivity index (χ4v) is 3.77. The number of likely N-dealkylation sites (tertiary alicyclic amines) is 1. The zero-order chi connectivity index (χ0) is 16.5. The third-order valence-corrected chi connectivity index (χ3v) is 5.31. The molecule has 2 aliphatic heterocycles. The molecule has 0 radical (unpaired) electrons. The number of carbonyl (C=O) groups is 1. The second-order valence-electron chi connectivity index (χ2n) is 6.81. The molecule has 2 fully saturated rings. The topological polar surface area (TPSA) is 55.5 Å². The van der Waals surface area contributed by atoms with Crippen LogP contribution in [0.1, 0.15) is 19.8 Å². The first-order chi connectivity index (χ1) is 11.7. The van der Waals surface area contributed by atoms with Crippen molar-refractivity contribution in [2.45, 2.75) is 25.8 Å². The molecule has 1 unspecified atom stereocenters. The van der Waals surface area contributed by atoms with Gasteiger partial charge in [-0.15, -0.1) is 0 Å². The highest BCUT2D eigenvalue weighted by molar-refractivity contribution is 5.81. The monoisotopic (exact) mass is 327 g/mol. The summed E-state index contributed by atoms with van der Waals surface area (Å²) < 4.78 is 0. The molecule has 1 aromatic carbocycles. The number of hydrogen-bond donors (Lipinski definition) is 1. The molecule has 128 valence electrons. The molecule has 1 amide bonds. The first-order valence-electron chi connectivity index (χ1n) is 8.95. The first kappa shape index (κ1) is 15.4. The lowest BCUT2D eigenvalue weighted by molar-refractivity contribution is -0.135. The van der Waals surface area contributed by atoms with E-state index in [1.54, 1.807) is 0 Å². The Balaban J connectivity index is 1.38. The van der Waals surface area contributed by atoms with Crippen molar-refractivity contribution in [2.75, 3.05) is 44.2 Å². The van der Waals surface area contributed by atoms with Gasteiger partial charge in [0.2, 0.25) is 11.9 Å². The van der Waals surface area contributed by atoms with E-state index in [0.29, 0.717) is 5.91 Å². The second-order valence-corrected chi connectivity index (χ2v) is 6.81. The number of para-hydroxylation sites is 2. The van der Waals surface area contributed by atoms with Crippen LogP contribution in [-0.4, -0.2) is 71.0 Å². The van der Waals surface area contributed by atoms with Crippen molar-refractivity contribution >= 4 is 22.9 Å². The van der Waals surface area contributed by atoms with Gasteiger partial charge in [0.1, 0.15) is 0 Å². The van der Waals surface area contributed by atoms with Crippen LogP contribution in [0.15, 0.2) is 24.3 Å². The van der Waals surface area contributed by atoms with E-state index >= 15 is 0 Å². The Bertz CT molecular complexity index is 680. The summed E-state index contributed by atoms with van der Waals surface area (Å²) >= 11 is 0. The molecular formula is C18H25N5O. The van der Waals surface area contributed by atoms with E-state index in [9.17, 15) is 4.79 Å². The Hall–Kier alpha value is -2.08. The number of hydrogen-bond acceptors (Lipinski definition) is 4. The van der Waals surface area contributed by atoms with E-state index in [-0.39, 0.29) is 6.04 Å². The van der Waals surface area contributed by atoms with E-state index in [1.165, 1.54) is 0 Å². The third-order valence-electron chi connectivity index (χ3n) is 5.31. The summed E-state index contributed by atoms with van der Waals surface area (Å²) in [5, 5.41) is 0. The van der Waals surface area contributed by atoms with Crippen LogP contribution in [0, 0.1) is 0 Å². The van der Waals surface area contributed by atoms with Gasteiger partial charge in [0.25, 0.3) is 0 Å². The van der Waals surface area contributed by atoms with Crippen LogP contribution in [-0.2, 0) is 4.79 Å². The van der Waals surface area contributed by atoms with Crippen molar-refractivity contribution in [1.29, 1.82) is 0 Å². The molecule has 2 aliphatic rings. The van der Waals surface area contributed by atoms with Crippen molar-refractivity contribution in [3.8, 4) is 0 Å². The number of carbonyl (C=O) groups excluding carboxylic acids is 1. The molecule has 6 nitrogen and oxygen atoms in total. The van der Waals surface area contributed by atoms with Crippen molar-refractivity contribution in [3.05, 3.63) is 24.3 Å². The maximum absolute atomic E-state index is 12.6. The van der Waals surface area contributed by atoms with Crippen molar-refractivity contribution in [1.82, 2.24) is 19.8 Å². The average molecular weight is 327 g/mol. The van der Waals surface area contributed by atoms with Crippen LogP contribution in [0.4, 0.5) is 5.95 Å². The van der Waals surface area contributed by atoms with Crippen molar-refractivity contribution in [2.24, 2.45) is 0 Å². The lowest BCUT2D eigenvalue weighted by atomic mass is 10.2. The van der Waals surface area contributed by atoms with Gasteiger partial charge in [-0.05, 0) is 31.9 Å². The molecule has 6 heteroatoms. The van der Waals surface area contributed by atoms with Crippen LogP contribution in [0.5, 0.6) is 0 Å². The molecule has 2 saturated heterocycles. The maximum atomic E-state index is 12.6. The van der Waals surface area contributed by atoms with E-state index < -0.39 is 0 Å². The molecule has 4 rings (SSSR count). The first-order valence-corrected chi connectivity index (χ1v) is 8.95. The number of imidazole rings is 1. The van der Waals surface area contributed by atoms with E-state index in [2.05, 4.69) is 32.8 Å². The zero-order valence-corrected chi connectivity index (χ0v) is 14.2. The molecule has 0 aliphatic carbocycles. The Morgan fingerprint density at radius 2 is 1.79 bits per heavy atom. The number of H-pyrrole nitrogens is 1. The standard InChI is InChI=1S/C18H25N5O/c1-14(17(24)22-8-4-5-9-22)21-10-12-23(13-11-21)18-19-15-6-2-3-7-16(15)20-18/h2-3,6-7,14H,4-5,8-13H2,1H3,(H,19,20). The number of fused-ring (bicyclic) bond motifs is 1. The fraction of sp³-hybridized carbons (Fsp3) is 0.556. The summed E-state index contributed by atoms with van der Waals surface area (Å²) in [5.74, 6) is 1.24. The zero-order valence-electron chi connectivity index (χ0n) is 14.2. The minimum Gasteiger partial charge on any atom is -0.341 e. The number of nitrogens with zero attached hydrogens (tertiary/aromatic N) is 4. The van der Waals surface area contributed by atoms with E-state index in [0.717, 1.165) is 69.1 Å². The minimum atomic E-state index is -0.0130. The van der Waals surface area contributed by atoms with E-state index in [4.69, 9.17) is 0 Å². The highest BCUT2D eigenvalue weighted by atomic mass is 16.2. The summed E-state index contributed by atoms with van der Waals surface area (Å²) in [4.78, 5) is 27.3. The van der Waals surface area contributed by atoms with Gasteiger partial charge in [0.15, 0.2) is 0 Å². The summed E-state index contributed by atoms with van der Waals surface area (Å²) in [6.07, 6.45) is 2.30. The predicted molar refractivity (Wildman–Crippen MR) is 95.2 cm³/mol. The lowest BCUT2D eigenvalue weighted by Gasteiger charge is -2.38. The highest BCUT2D eigenvalue weighted by Gasteiger charge is 2.30. The molecule has 3 heterocycles. The van der Waals surface area contributed by atoms with Gasteiger partial charge in [0, 0.05) is 39.3 Å². The molecular weight excluding hydrogens is 302 g/mol. The number of nitrogens with one attached hydrogen (secondary N) is 1. The molecule has 1 N–H and O–H groups in total. The highest BCUT2D eigenvalue weighted by Crippen LogP contribution is 2.19. The van der Waals surface area contributed by atoms with Gasteiger partial charge in [-0.2, -0.15) is 0 Å². The smallest absolute Gasteiger partial charge is 0.239 e. The summed E-state index contributed by atoms with van der Waals surface area (Å²) in [7, 11) is 0. The Morgan fingerprint density at radius 1 is 1.08 bits per heavy atom. The Labute approximate surface area is 142 Å². The number of aromatic amines is 1. The summed E-state index contributed by atoms with van der Waals surface area (Å²) in [6.45, 7) is 7.52. The average Bonchev–Trinajstić information content (AvgIpc) is 3.30. The van der Waals surface area contributed by atoms with Crippen molar-refractivity contribution < 1.29 is 4.79 Å². The molecule has 0 bridgehead atoms. The quantitative estimate of drug-likeness (QED) is 0.932. The van der Waals surface area contributed by atoms with Crippen LogP contribution in [0.2, 0.25) is 0 Å². The number of amides is 1. The predicted octanol–water partition coefficient (Wildman–Crippen LogP) is 1.70. The number of piperazine rings is 1. The molecule has 0 spiro atoms. The number of anilines is 1. The number of aromatic nitrogens is 2. The maximum Gasteiger partial charge on any atom is 0.239 e. The number of benzene rings is 1. The van der Waals surface area contributed by atoms with Crippen LogP contribution >= 0.6 is 0 Å². The summed E-state index contributed by atoms with van der Waals surface area (Å²) in [6, 6.07) is 8.10. The van der Waals surface area contributed by atoms with Gasteiger partial charge in [-0.25, -0.2) is 4.98 Å². The van der Waals surface area contributed by atoms with Crippen LogP contribution < -0.4 is 4.90 Å². The van der Waals surface area contributed by atoms with Gasteiger partial charge in [-0.3, -0.25) is 9.69 Å². The molecule has 24 heavy (non-hydrogen) atoms. The largest absolute Gasteiger partial charge is 0.341 e. The molecule has 0 saturated carbocycles. The molecule has 1 aromatic heterocycles. The Morgan fingerprint density at radius 3 is 2.50 bits per heavy atom. The van der Waals surface area contributed by atoms with E-state index in [1.807, 2.05) is 23.1 Å². The van der Waals surface area contributed by atoms with Gasteiger partial charge in [-0.1, -0.05) is 12.1 Å². The molecule has 1 atom stereocenters. The fourth-order valence-electron chi connectivity index (χ4n) is 3.77. The summed E-state index contributed by atoms with van der Waals surface area (Å²) in [5.41, 5.74) is 2.08. The second kappa shape index (κ2) is 6.43. The minimum absolute atomic E-state index is 0.0130. The van der Waals surface area contributed by atoms with Crippen molar-refractivity contribution in [3.63, 3.8) is 0 Å². The number of rotatable bonds is 3. The van der Waals surface area contributed by atoms with Gasteiger partial charge < -0.3 is 14.8 Å². The van der Waals surface area contributed by atoms with Crippen LogP contribution in [0.3, 0.4) is 0 Å².